The normalized spacial score (nSPS) is 13.5. The topological polar surface area (TPSA) is 63.4 Å². The van der Waals surface area contributed by atoms with Crippen LogP contribution in [0.3, 0.4) is 0 Å². The van der Waals surface area contributed by atoms with E-state index in [2.05, 4.69) is 12.1 Å². The Bertz CT molecular complexity index is 1010. The van der Waals surface area contributed by atoms with Gasteiger partial charge in [0.25, 0.3) is 5.91 Å². The van der Waals surface area contributed by atoms with Crippen LogP contribution in [-0.4, -0.2) is 23.3 Å². The van der Waals surface area contributed by atoms with Gasteiger partial charge in [0.2, 0.25) is 5.91 Å². The van der Waals surface area contributed by atoms with Crippen LogP contribution >= 0.6 is 0 Å². The zero-order chi connectivity index (χ0) is 19.5. The number of carbonyl (C=O) groups excluding carboxylic acids is 2. The zero-order valence-electron chi connectivity index (χ0n) is 15.6. The average molecular weight is 370 g/mol. The van der Waals surface area contributed by atoms with Crippen LogP contribution in [0.2, 0.25) is 0 Å². The predicted molar refractivity (Wildman–Crippen MR) is 110 cm³/mol. The third-order valence-corrected chi connectivity index (χ3v) is 5.25. The minimum atomic E-state index is -0.418. The number of nitrogens with zero attached hydrogens (tertiary/aromatic N) is 1. The van der Waals surface area contributed by atoms with E-state index in [1.807, 2.05) is 59.5 Å². The minimum Gasteiger partial charge on any atom is -0.366 e. The summed E-state index contributed by atoms with van der Waals surface area (Å²) in [6.07, 6.45) is 1.70. The van der Waals surface area contributed by atoms with Gasteiger partial charge >= 0.3 is 0 Å². The van der Waals surface area contributed by atoms with E-state index in [-0.39, 0.29) is 5.91 Å². The molecule has 0 aliphatic carbocycles. The van der Waals surface area contributed by atoms with Crippen molar-refractivity contribution in [2.45, 2.75) is 19.4 Å². The first-order valence-electron chi connectivity index (χ1n) is 9.48. The standard InChI is InChI=1S/C24H22N2O2/c25-23(27)21-12-13-22-16-26(14-4-7-20(22)15-21)24(28)19-10-8-18(9-11-19)17-5-2-1-3-6-17/h1-3,5-6,8-13,15H,4,7,14,16H2,(H2,25,27). The number of fused-ring (bicyclic) bond motifs is 1. The van der Waals surface area contributed by atoms with Gasteiger partial charge in [-0.3, -0.25) is 9.59 Å². The zero-order valence-corrected chi connectivity index (χ0v) is 15.6. The van der Waals surface area contributed by atoms with Crippen LogP contribution in [0, 0.1) is 0 Å². The Hall–Kier alpha value is -3.40. The van der Waals surface area contributed by atoms with Crippen molar-refractivity contribution in [2.75, 3.05) is 6.54 Å². The van der Waals surface area contributed by atoms with Crippen LogP contribution < -0.4 is 5.73 Å². The van der Waals surface area contributed by atoms with E-state index in [0.717, 1.165) is 35.1 Å². The maximum atomic E-state index is 13.0. The molecule has 3 aromatic carbocycles. The van der Waals surface area contributed by atoms with E-state index in [9.17, 15) is 9.59 Å². The Labute approximate surface area is 164 Å². The molecule has 140 valence electrons. The highest BCUT2D eigenvalue weighted by Gasteiger charge is 2.21. The number of rotatable bonds is 3. The molecule has 3 aromatic rings. The lowest BCUT2D eigenvalue weighted by Gasteiger charge is -2.21. The maximum Gasteiger partial charge on any atom is 0.254 e. The van der Waals surface area contributed by atoms with E-state index < -0.39 is 5.91 Å². The number of primary amides is 1. The molecule has 1 aliphatic heterocycles. The predicted octanol–water partition coefficient (Wildman–Crippen LogP) is 4.04. The van der Waals surface area contributed by atoms with Gasteiger partial charge in [-0.05, 0) is 59.4 Å². The van der Waals surface area contributed by atoms with Crippen molar-refractivity contribution in [3.63, 3.8) is 0 Å². The van der Waals surface area contributed by atoms with Gasteiger partial charge in [-0.1, -0.05) is 48.5 Å². The highest BCUT2D eigenvalue weighted by molar-refractivity contribution is 5.95. The van der Waals surface area contributed by atoms with Crippen molar-refractivity contribution < 1.29 is 9.59 Å². The molecule has 1 heterocycles. The first kappa shape index (κ1) is 18.0. The van der Waals surface area contributed by atoms with E-state index in [1.165, 1.54) is 0 Å². The molecule has 0 atom stereocenters. The summed E-state index contributed by atoms with van der Waals surface area (Å²) in [5, 5.41) is 0. The van der Waals surface area contributed by atoms with Gasteiger partial charge in [-0.15, -0.1) is 0 Å². The van der Waals surface area contributed by atoms with Crippen LogP contribution in [0.25, 0.3) is 11.1 Å². The molecule has 0 bridgehead atoms. The Morgan fingerprint density at radius 2 is 1.46 bits per heavy atom. The summed E-state index contributed by atoms with van der Waals surface area (Å²) >= 11 is 0. The van der Waals surface area contributed by atoms with Crippen molar-refractivity contribution in [1.82, 2.24) is 4.90 Å². The quantitative estimate of drug-likeness (QED) is 0.756. The molecule has 0 unspecified atom stereocenters. The molecule has 0 radical (unpaired) electrons. The number of hydrogen-bond donors (Lipinski definition) is 1. The smallest absolute Gasteiger partial charge is 0.254 e. The van der Waals surface area contributed by atoms with E-state index in [1.54, 1.807) is 6.07 Å². The SMILES string of the molecule is NC(=O)c1ccc2c(c1)CCCN(C(=O)c1ccc(-c3ccccc3)cc1)C2. The summed E-state index contributed by atoms with van der Waals surface area (Å²) in [6.45, 7) is 1.24. The molecule has 4 nitrogen and oxygen atoms in total. The fraction of sp³-hybridized carbons (Fsp3) is 0.167. The van der Waals surface area contributed by atoms with Gasteiger partial charge in [-0.2, -0.15) is 0 Å². The van der Waals surface area contributed by atoms with Crippen molar-refractivity contribution in [3.05, 3.63) is 95.1 Å². The maximum absolute atomic E-state index is 13.0. The third kappa shape index (κ3) is 3.67. The molecule has 0 fully saturated rings. The monoisotopic (exact) mass is 370 g/mol. The third-order valence-electron chi connectivity index (χ3n) is 5.25. The Morgan fingerprint density at radius 1 is 0.786 bits per heavy atom. The first-order valence-corrected chi connectivity index (χ1v) is 9.48. The van der Waals surface area contributed by atoms with Gasteiger partial charge in [0.1, 0.15) is 0 Å². The first-order chi connectivity index (χ1) is 13.6. The number of benzene rings is 3. The van der Waals surface area contributed by atoms with Gasteiger partial charge < -0.3 is 10.6 Å². The molecular weight excluding hydrogens is 348 g/mol. The summed E-state index contributed by atoms with van der Waals surface area (Å²) in [5.41, 5.74) is 11.0. The lowest BCUT2D eigenvalue weighted by Crippen LogP contribution is -2.30. The minimum absolute atomic E-state index is 0.0337. The number of carbonyl (C=O) groups is 2. The Kier molecular flexibility index (Phi) is 4.94. The second-order valence-electron chi connectivity index (χ2n) is 7.12. The summed E-state index contributed by atoms with van der Waals surface area (Å²) in [6, 6.07) is 23.4. The van der Waals surface area contributed by atoms with Crippen LogP contribution in [-0.2, 0) is 13.0 Å². The molecule has 4 heteroatoms. The second kappa shape index (κ2) is 7.69. The Morgan fingerprint density at radius 3 is 2.18 bits per heavy atom. The van der Waals surface area contributed by atoms with Crippen molar-refractivity contribution in [3.8, 4) is 11.1 Å². The number of hydrogen-bond acceptors (Lipinski definition) is 2. The molecule has 4 rings (SSSR count). The highest BCUT2D eigenvalue weighted by Crippen LogP contribution is 2.23. The Balaban J connectivity index is 1.54. The van der Waals surface area contributed by atoms with Crippen molar-refractivity contribution in [1.29, 1.82) is 0 Å². The fourth-order valence-corrected chi connectivity index (χ4v) is 3.70. The second-order valence-corrected chi connectivity index (χ2v) is 7.12. The van der Waals surface area contributed by atoms with Gasteiger partial charge in [0, 0.05) is 24.2 Å². The van der Waals surface area contributed by atoms with Gasteiger partial charge in [0.15, 0.2) is 0 Å². The van der Waals surface area contributed by atoms with Crippen molar-refractivity contribution >= 4 is 11.8 Å². The highest BCUT2D eigenvalue weighted by atomic mass is 16.2. The number of nitrogens with two attached hydrogens (primary N) is 1. The summed E-state index contributed by atoms with van der Waals surface area (Å²) in [7, 11) is 0. The molecule has 0 aromatic heterocycles. The van der Waals surface area contributed by atoms with Crippen LogP contribution in [0.1, 0.15) is 38.3 Å². The number of amides is 2. The van der Waals surface area contributed by atoms with E-state index >= 15 is 0 Å². The molecular formula is C24H22N2O2. The van der Waals surface area contributed by atoms with E-state index in [4.69, 9.17) is 5.73 Å². The van der Waals surface area contributed by atoms with Crippen LogP contribution in [0.5, 0.6) is 0 Å². The van der Waals surface area contributed by atoms with Crippen LogP contribution in [0.15, 0.2) is 72.8 Å². The molecule has 2 amide bonds. The summed E-state index contributed by atoms with van der Waals surface area (Å²) in [4.78, 5) is 26.3. The fourth-order valence-electron chi connectivity index (χ4n) is 3.70. The average Bonchev–Trinajstić information content (AvgIpc) is 2.96. The molecule has 0 spiro atoms. The lowest BCUT2D eigenvalue weighted by atomic mass is 10.0. The van der Waals surface area contributed by atoms with Crippen molar-refractivity contribution in [2.24, 2.45) is 5.73 Å². The van der Waals surface area contributed by atoms with Gasteiger partial charge in [0.05, 0.1) is 0 Å². The molecule has 28 heavy (non-hydrogen) atoms. The lowest BCUT2D eigenvalue weighted by molar-refractivity contribution is 0.0745. The molecule has 1 aliphatic rings. The number of aryl methyl sites for hydroxylation is 1. The largest absolute Gasteiger partial charge is 0.366 e. The summed E-state index contributed by atoms with van der Waals surface area (Å²) < 4.78 is 0. The summed E-state index contributed by atoms with van der Waals surface area (Å²) in [5.74, 6) is -0.384. The molecule has 0 saturated carbocycles. The van der Waals surface area contributed by atoms with Crippen LogP contribution in [0.4, 0.5) is 0 Å². The molecule has 2 N–H and O–H groups in total. The van der Waals surface area contributed by atoms with E-state index in [0.29, 0.717) is 24.2 Å². The van der Waals surface area contributed by atoms with Gasteiger partial charge in [-0.25, -0.2) is 0 Å². The molecule has 0 saturated heterocycles.